The van der Waals surface area contributed by atoms with E-state index < -0.39 is 0 Å². The Morgan fingerprint density at radius 2 is 1.84 bits per heavy atom. The van der Waals surface area contributed by atoms with E-state index in [-0.39, 0.29) is 6.10 Å². The zero-order valence-electron chi connectivity index (χ0n) is 12.6. The Morgan fingerprint density at radius 1 is 1.16 bits per heavy atom. The second-order valence-electron chi connectivity index (χ2n) is 4.72. The Labute approximate surface area is 118 Å². The Bertz CT molecular complexity index is 312. The fourth-order valence-corrected chi connectivity index (χ4v) is 2.21. The molecule has 0 aromatic heterocycles. The molecule has 3 heteroatoms. The summed E-state index contributed by atoms with van der Waals surface area (Å²) in [4.78, 5) is 2.45. The average Bonchev–Trinajstić information content (AvgIpc) is 2.48. The summed E-state index contributed by atoms with van der Waals surface area (Å²) in [6, 6.07) is 10.4. The fourth-order valence-electron chi connectivity index (χ4n) is 2.21. The first-order chi connectivity index (χ1) is 9.31. The monoisotopic (exact) mass is 264 g/mol. The molecule has 1 rings (SSSR count). The van der Waals surface area contributed by atoms with Gasteiger partial charge in [-0.05, 0) is 38.2 Å². The van der Waals surface area contributed by atoms with Crippen LogP contribution >= 0.6 is 0 Å². The molecule has 0 aliphatic rings. The van der Waals surface area contributed by atoms with Crippen LogP contribution in [0.15, 0.2) is 30.3 Å². The number of nitrogens with one attached hydrogen (secondary N) is 1. The predicted octanol–water partition coefficient (Wildman–Crippen LogP) is 2.70. The largest absolute Gasteiger partial charge is 0.375 e. The van der Waals surface area contributed by atoms with Crippen LogP contribution in [0.25, 0.3) is 0 Å². The van der Waals surface area contributed by atoms with Crippen molar-refractivity contribution < 1.29 is 4.74 Å². The van der Waals surface area contributed by atoms with Gasteiger partial charge in [-0.25, -0.2) is 0 Å². The molecule has 0 spiro atoms. The van der Waals surface area contributed by atoms with Crippen molar-refractivity contribution >= 4 is 0 Å². The van der Waals surface area contributed by atoms with Gasteiger partial charge >= 0.3 is 0 Å². The van der Waals surface area contributed by atoms with Crippen LogP contribution in [0.5, 0.6) is 0 Å². The zero-order chi connectivity index (χ0) is 13.9. The van der Waals surface area contributed by atoms with E-state index in [1.165, 1.54) is 18.5 Å². The molecule has 0 bridgehead atoms. The fraction of sp³-hybridized carbons (Fsp3) is 0.625. The molecule has 19 heavy (non-hydrogen) atoms. The molecule has 0 radical (unpaired) electrons. The Balaban J connectivity index is 2.20. The summed E-state index contributed by atoms with van der Waals surface area (Å²) in [5.41, 5.74) is 1.24. The van der Waals surface area contributed by atoms with E-state index in [2.05, 4.69) is 48.3 Å². The number of nitrogens with zero attached hydrogens (tertiary/aromatic N) is 1. The molecule has 1 aromatic carbocycles. The van der Waals surface area contributed by atoms with Gasteiger partial charge in [0.25, 0.3) is 0 Å². The maximum absolute atomic E-state index is 5.53. The molecule has 108 valence electrons. The summed E-state index contributed by atoms with van der Waals surface area (Å²) in [5.74, 6) is 0. The highest BCUT2D eigenvalue weighted by molar-refractivity contribution is 5.17. The third kappa shape index (κ3) is 6.19. The van der Waals surface area contributed by atoms with Gasteiger partial charge in [0, 0.05) is 13.7 Å². The van der Waals surface area contributed by atoms with E-state index in [0.29, 0.717) is 0 Å². The van der Waals surface area contributed by atoms with Crippen LogP contribution in [0.2, 0.25) is 0 Å². The predicted molar refractivity (Wildman–Crippen MR) is 81.5 cm³/mol. The molecule has 1 N–H and O–H groups in total. The average molecular weight is 264 g/mol. The minimum atomic E-state index is 0.148. The lowest BCUT2D eigenvalue weighted by atomic mass is 10.1. The third-order valence-corrected chi connectivity index (χ3v) is 3.51. The number of benzene rings is 1. The Kier molecular flexibility index (Phi) is 8.47. The molecule has 0 fully saturated rings. The van der Waals surface area contributed by atoms with Crippen LogP contribution in [-0.2, 0) is 4.74 Å². The molecule has 1 atom stereocenters. The SMILES string of the molecule is CCN(CC)CCCNCC(OC)c1ccccc1. The summed E-state index contributed by atoms with van der Waals surface area (Å²) in [6.07, 6.45) is 1.34. The standard InChI is InChI=1S/C16H28N2O/c1-4-18(5-2)13-9-12-17-14-16(19-3)15-10-7-6-8-11-15/h6-8,10-11,16-17H,4-5,9,12-14H2,1-3H3. The smallest absolute Gasteiger partial charge is 0.0945 e. The van der Waals surface area contributed by atoms with Gasteiger partial charge in [0.15, 0.2) is 0 Å². The second kappa shape index (κ2) is 9.96. The van der Waals surface area contributed by atoms with Gasteiger partial charge in [0.2, 0.25) is 0 Å². The van der Waals surface area contributed by atoms with Crippen molar-refractivity contribution in [3.8, 4) is 0 Å². The molecule has 0 aliphatic heterocycles. The van der Waals surface area contributed by atoms with Crippen molar-refractivity contribution in [2.75, 3.05) is 39.8 Å². The minimum absolute atomic E-state index is 0.148. The number of hydrogen-bond acceptors (Lipinski definition) is 3. The first-order valence-corrected chi connectivity index (χ1v) is 7.32. The lowest BCUT2D eigenvalue weighted by molar-refractivity contribution is 0.102. The van der Waals surface area contributed by atoms with Gasteiger partial charge in [-0.1, -0.05) is 44.2 Å². The summed E-state index contributed by atoms with van der Waals surface area (Å²) in [6.45, 7) is 9.80. The highest BCUT2D eigenvalue weighted by Crippen LogP contribution is 2.14. The quantitative estimate of drug-likeness (QED) is 0.658. The summed E-state index contributed by atoms with van der Waals surface area (Å²) < 4.78 is 5.53. The van der Waals surface area contributed by atoms with Crippen molar-refractivity contribution in [1.29, 1.82) is 0 Å². The zero-order valence-corrected chi connectivity index (χ0v) is 12.6. The van der Waals surface area contributed by atoms with Crippen molar-refractivity contribution in [3.63, 3.8) is 0 Å². The van der Waals surface area contributed by atoms with Gasteiger partial charge in [-0.2, -0.15) is 0 Å². The maximum atomic E-state index is 5.53. The summed E-state index contributed by atoms with van der Waals surface area (Å²) >= 11 is 0. The molecular weight excluding hydrogens is 236 g/mol. The third-order valence-electron chi connectivity index (χ3n) is 3.51. The van der Waals surface area contributed by atoms with Crippen molar-refractivity contribution in [1.82, 2.24) is 10.2 Å². The van der Waals surface area contributed by atoms with Gasteiger partial charge in [0.1, 0.15) is 0 Å². The summed E-state index contributed by atoms with van der Waals surface area (Å²) in [7, 11) is 1.77. The van der Waals surface area contributed by atoms with Crippen LogP contribution in [0.1, 0.15) is 31.9 Å². The van der Waals surface area contributed by atoms with E-state index in [1.807, 2.05) is 6.07 Å². The maximum Gasteiger partial charge on any atom is 0.0945 e. The normalized spacial score (nSPS) is 12.8. The first kappa shape index (κ1) is 16.2. The van der Waals surface area contributed by atoms with Crippen molar-refractivity contribution in [2.45, 2.75) is 26.4 Å². The molecular formula is C16H28N2O. The molecule has 0 aliphatic carbocycles. The lowest BCUT2D eigenvalue weighted by Crippen LogP contribution is -2.29. The van der Waals surface area contributed by atoms with Crippen LogP contribution < -0.4 is 5.32 Å². The molecule has 0 amide bonds. The van der Waals surface area contributed by atoms with E-state index in [9.17, 15) is 0 Å². The van der Waals surface area contributed by atoms with E-state index in [1.54, 1.807) is 7.11 Å². The lowest BCUT2D eigenvalue weighted by Gasteiger charge is -2.19. The van der Waals surface area contributed by atoms with Crippen molar-refractivity contribution in [2.24, 2.45) is 0 Å². The minimum Gasteiger partial charge on any atom is -0.375 e. The van der Waals surface area contributed by atoms with Crippen LogP contribution in [-0.4, -0.2) is 44.7 Å². The number of ether oxygens (including phenoxy) is 1. The summed E-state index contributed by atoms with van der Waals surface area (Å²) in [5, 5.41) is 3.49. The van der Waals surface area contributed by atoms with E-state index >= 15 is 0 Å². The highest BCUT2D eigenvalue weighted by atomic mass is 16.5. The molecule has 1 unspecified atom stereocenters. The number of rotatable bonds is 10. The van der Waals surface area contributed by atoms with Crippen LogP contribution in [0.3, 0.4) is 0 Å². The van der Waals surface area contributed by atoms with E-state index in [0.717, 1.165) is 26.2 Å². The Morgan fingerprint density at radius 3 is 2.42 bits per heavy atom. The molecule has 1 aromatic rings. The molecule has 3 nitrogen and oxygen atoms in total. The highest BCUT2D eigenvalue weighted by Gasteiger charge is 2.08. The van der Waals surface area contributed by atoms with Crippen LogP contribution in [0, 0.1) is 0 Å². The van der Waals surface area contributed by atoms with Gasteiger partial charge in [-0.15, -0.1) is 0 Å². The molecule has 0 saturated carbocycles. The number of methoxy groups -OCH3 is 1. The second-order valence-corrected chi connectivity index (χ2v) is 4.72. The molecule has 0 saturated heterocycles. The van der Waals surface area contributed by atoms with Crippen molar-refractivity contribution in [3.05, 3.63) is 35.9 Å². The van der Waals surface area contributed by atoms with Gasteiger partial charge in [-0.3, -0.25) is 0 Å². The topological polar surface area (TPSA) is 24.5 Å². The molecule has 0 heterocycles. The van der Waals surface area contributed by atoms with E-state index in [4.69, 9.17) is 4.74 Å². The van der Waals surface area contributed by atoms with Gasteiger partial charge in [0.05, 0.1) is 6.10 Å². The first-order valence-electron chi connectivity index (χ1n) is 7.32. The van der Waals surface area contributed by atoms with Gasteiger partial charge < -0.3 is 15.0 Å². The number of hydrogen-bond donors (Lipinski definition) is 1. The Hall–Kier alpha value is -0.900. The van der Waals surface area contributed by atoms with Crippen LogP contribution in [0.4, 0.5) is 0 Å².